The lowest BCUT2D eigenvalue weighted by atomic mass is 10.1. The van der Waals surface area contributed by atoms with Gasteiger partial charge in [0.15, 0.2) is 0 Å². The molecule has 2 saturated heterocycles. The number of piperidine rings is 1. The molecule has 5 nitrogen and oxygen atoms in total. The number of rotatable bonds is 3. The van der Waals surface area contributed by atoms with E-state index in [0.717, 1.165) is 13.1 Å². The van der Waals surface area contributed by atoms with Gasteiger partial charge in [0.2, 0.25) is 10.0 Å². The summed E-state index contributed by atoms with van der Waals surface area (Å²) in [6.07, 6.45) is 4.91. The van der Waals surface area contributed by atoms with Crippen molar-refractivity contribution in [3.63, 3.8) is 0 Å². The fraction of sp³-hybridized carbons (Fsp3) is 1.00. The molecule has 0 saturated carbocycles. The van der Waals surface area contributed by atoms with E-state index in [1.807, 2.05) is 0 Å². The van der Waals surface area contributed by atoms with Crippen LogP contribution >= 0.6 is 0 Å². The first-order chi connectivity index (χ1) is 7.56. The molecule has 2 atom stereocenters. The first-order valence-electron chi connectivity index (χ1n) is 5.85. The minimum absolute atomic E-state index is 0.0758. The van der Waals surface area contributed by atoms with Crippen molar-refractivity contribution in [2.24, 2.45) is 0 Å². The Labute approximate surface area is 97.2 Å². The summed E-state index contributed by atoms with van der Waals surface area (Å²) in [5.41, 5.74) is 0. The molecule has 0 radical (unpaired) electrons. The Morgan fingerprint density at radius 1 is 1.19 bits per heavy atom. The van der Waals surface area contributed by atoms with Crippen molar-refractivity contribution >= 4 is 10.0 Å². The first-order valence-corrected chi connectivity index (χ1v) is 7.74. The van der Waals surface area contributed by atoms with Gasteiger partial charge in [-0.1, -0.05) is 6.42 Å². The van der Waals surface area contributed by atoms with Gasteiger partial charge < -0.3 is 4.74 Å². The van der Waals surface area contributed by atoms with Crippen LogP contribution in [0.2, 0.25) is 0 Å². The average molecular weight is 248 g/mol. The van der Waals surface area contributed by atoms with Crippen LogP contribution in [0, 0.1) is 0 Å². The summed E-state index contributed by atoms with van der Waals surface area (Å²) < 4.78 is 30.5. The smallest absolute Gasteiger partial charge is 0.209 e. The number of nitrogens with zero attached hydrogens (tertiary/aromatic N) is 1. The van der Waals surface area contributed by atoms with Crippen LogP contribution in [0.1, 0.15) is 19.3 Å². The molecule has 2 heterocycles. The predicted molar refractivity (Wildman–Crippen MR) is 61.8 cm³/mol. The molecular formula is C10H20N2O3S. The SMILES string of the molecule is CS(=O)(=O)N[C@H]1COC[C@@H]1N1CCCCC1. The maximum absolute atomic E-state index is 11.2. The molecule has 1 N–H and O–H groups in total. The van der Waals surface area contributed by atoms with Crippen LogP contribution in [0.15, 0.2) is 0 Å². The topological polar surface area (TPSA) is 58.6 Å². The second kappa shape index (κ2) is 5.00. The molecular weight excluding hydrogens is 228 g/mol. The van der Waals surface area contributed by atoms with Gasteiger partial charge in [-0.3, -0.25) is 4.90 Å². The Bertz CT molecular complexity index is 325. The maximum Gasteiger partial charge on any atom is 0.209 e. The Hall–Kier alpha value is -0.170. The molecule has 2 rings (SSSR count). The zero-order chi connectivity index (χ0) is 11.6. The fourth-order valence-corrected chi connectivity index (χ4v) is 3.32. The lowest BCUT2D eigenvalue weighted by molar-refractivity contribution is 0.126. The average Bonchev–Trinajstić information content (AvgIpc) is 2.64. The molecule has 2 aliphatic rings. The minimum Gasteiger partial charge on any atom is -0.378 e. The summed E-state index contributed by atoms with van der Waals surface area (Å²) >= 11 is 0. The standard InChI is InChI=1S/C10H20N2O3S/c1-16(13,14)11-9-7-15-8-10(9)12-5-3-2-4-6-12/h9-11H,2-8H2,1H3/t9-,10-/m0/s1. The van der Waals surface area contributed by atoms with Gasteiger partial charge >= 0.3 is 0 Å². The summed E-state index contributed by atoms with van der Waals surface area (Å²) in [5.74, 6) is 0. The van der Waals surface area contributed by atoms with Crippen LogP contribution in [0.3, 0.4) is 0 Å². The third-order valence-corrected chi connectivity index (χ3v) is 4.01. The fourth-order valence-electron chi connectivity index (χ4n) is 2.54. The van der Waals surface area contributed by atoms with E-state index in [-0.39, 0.29) is 12.1 Å². The van der Waals surface area contributed by atoms with Crippen molar-refractivity contribution in [1.82, 2.24) is 9.62 Å². The second-order valence-corrected chi connectivity index (χ2v) is 6.48. The molecule has 0 bridgehead atoms. The van der Waals surface area contributed by atoms with E-state index in [2.05, 4.69) is 9.62 Å². The molecule has 0 aliphatic carbocycles. The molecule has 0 amide bonds. The van der Waals surface area contributed by atoms with E-state index >= 15 is 0 Å². The molecule has 2 fully saturated rings. The van der Waals surface area contributed by atoms with Crippen LogP contribution in [-0.4, -0.2) is 58.0 Å². The minimum atomic E-state index is -3.14. The van der Waals surface area contributed by atoms with Crippen molar-refractivity contribution in [2.45, 2.75) is 31.3 Å². The first kappa shape index (κ1) is 12.3. The van der Waals surface area contributed by atoms with Crippen molar-refractivity contribution in [2.75, 3.05) is 32.6 Å². The molecule has 6 heteroatoms. The van der Waals surface area contributed by atoms with E-state index in [1.165, 1.54) is 25.5 Å². The van der Waals surface area contributed by atoms with Crippen LogP contribution < -0.4 is 4.72 Å². The Balaban J connectivity index is 1.97. The van der Waals surface area contributed by atoms with E-state index in [0.29, 0.717) is 13.2 Å². The van der Waals surface area contributed by atoms with E-state index < -0.39 is 10.0 Å². The van der Waals surface area contributed by atoms with Crippen molar-refractivity contribution in [1.29, 1.82) is 0 Å². The van der Waals surface area contributed by atoms with Gasteiger partial charge in [0.05, 0.1) is 31.6 Å². The summed E-state index contributed by atoms with van der Waals surface area (Å²) in [6.45, 7) is 3.27. The maximum atomic E-state index is 11.2. The van der Waals surface area contributed by atoms with E-state index in [1.54, 1.807) is 0 Å². The Morgan fingerprint density at radius 3 is 2.50 bits per heavy atom. The molecule has 0 aromatic carbocycles. The van der Waals surface area contributed by atoms with Gasteiger partial charge in [0, 0.05) is 0 Å². The highest BCUT2D eigenvalue weighted by molar-refractivity contribution is 7.88. The zero-order valence-electron chi connectivity index (χ0n) is 9.68. The Morgan fingerprint density at radius 2 is 1.88 bits per heavy atom. The van der Waals surface area contributed by atoms with E-state index in [9.17, 15) is 8.42 Å². The zero-order valence-corrected chi connectivity index (χ0v) is 10.5. The molecule has 0 spiro atoms. The molecule has 94 valence electrons. The second-order valence-electron chi connectivity index (χ2n) is 4.70. The van der Waals surface area contributed by atoms with Gasteiger partial charge in [-0.05, 0) is 25.9 Å². The third kappa shape index (κ3) is 3.16. The van der Waals surface area contributed by atoms with Gasteiger partial charge in [-0.15, -0.1) is 0 Å². The lowest BCUT2D eigenvalue weighted by Gasteiger charge is -2.34. The van der Waals surface area contributed by atoms with Gasteiger partial charge in [0.25, 0.3) is 0 Å². The predicted octanol–water partition coefficient (Wildman–Crippen LogP) is -0.211. The molecule has 2 aliphatic heterocycles. The number of likely N-dealkylation sites (tertiary alicyclic amines) is 1. The molecule has 0 unspecified atom stereocenters. The normalized spacial score (nSPS) is 33.1. The number of ether oxygens (including phenoxy) is 1. The highest BCUT2D eigenvalue weighted by Gasteiger charge is 2.35. The summed E-state index contributed by atoms with van der Waals surface area (Å²) in [5, 5.41) is 0. The molecule has 0 aromatic rings. The van der Waals surface area contributed by atoms with Crippen molar-refractivity contribution in [3.8, 4) is 0 Å². The van der Waals surface area contributed by atoms with Gasteiger partial charge in [-0.25, -0.2) is 13.1 Å². The number of sulfonamides is 1. The van der Waals surface area contributed by atoms with Crippen LogP contribution in [0.5, 0.6) is 0 Å². The highest BCUT2D eigenvalue weighted by Crippen LogP contribution is 2.19. The largest absolute Gasteiger partial charge is 0.378 e. The molecule has 0 aromatic heterocycles. The van der Waals surface area contributed by atoms with Gasteiger partial charge in [-0.2, -0.15) is 0 Å². The number of hydrogen-bond acceptors (Lipinski definition) is 4. The summed E-state index contributed by atoms with van der Waals surface area (Å²) in [6, 6.07) is 0.142. The Kier molecular flexibility index (Phi) is 3.84. The quantitative estimate of drug-likeness (QED) is 0.751. The molecule has 16 heavy (non-hydrogen) atoms. The monoisotopic (exact) mass is 248 g/mol. The highest BCUT2D eigenvalue weighted by atomic mass is 32.2. The van der Waals surface area contributed by atoms with Crippen molar-refractivity contribution < 1.29 is 13.2 Å². The van der Waals surface area contributed by atoms with Crippen LogP contribution in [0.25, 0.3) is 0 Å². The number of nitrogens with one attached hydrogen (secondary N) is 1. The van der Waals surface area contributed by atoms with Crippen molar-refractivity contribution in [3.05, 3.63) is 0 Å². The number of hydrogen-bond donors (Lipinski definition) is 1. The lowest BCUT2D eigenvalue weighted by Crippen LogP contribution is -2.52. The summed E-state index contributed by atoms with van der Waals surface area (Å²) in [4.78, 5) is 2.36. The van der Waals surface area contributed by atoms with Crippen LogP contribution in [0.4, 0.5) is 0 Å². The third-order valence-electron chi connectivity index (χ3n) is 3.28. The summed E-state index contributed by atoms with van der Waals surface area (Å²) in [7, 11) is -3.14. The van der Waals surface area contributed by atoms with Gasteiger partial charge in [0.1, 0.15) is 0 Å². The van der Waals surface area contributed by atoms with Crippen LogP contribution in [-0.2, 0) is 14.8 Å². The van der Waals surface area contributed by atoms with E-state index in [4.69, 9.17) is 4.74 Å².